The molecule has 0 aliphatic carbocycles. The Kier molecular flexibility index (Phi) is 12.4. The van der Waals surface area contributed by atoms with E-state index >= 15 is 0 Å². The van der Waals surface area contributed by atoms with Crippen molar-refractivity contribution in [3.8, 4) is 11.3 Å². The number of furan rings is 1. The number of benzene rings is 2. The molecule has 0 saturated heterocycles. The second kappa shape index (κ2) is 13.6. The largest absolute Gasteiger partial charge is 0.464 e. The average Bonchev–Trinajstić information content (AvgIpc) is 3.27. The van der Waals surface area contributed by atoms with Crippen LogP contribution in [0.15, 0.2) is 76.2 Å². The van der Waals surface area contributed by atoms with Crippen molar-refractivity contribution in [3.05, 3.63) is 72.5 Å². The molecule has 0 fully saturated rings. The molecule has 1 N–H and O–H groups in total. The summed E-state index contributed by atoms with van der Waals surface area (Å²) < 4.78 is 33.1. The van der Waals surface area contributed by atoms with Gasteiger partial charge in [0, 0.05) is 5.56 Å². The predicted molar refractivity (Wildman–Crippen MR) is 120 cm³/mol. The summed E-state index contributed by atoms with van der Waals surface area (Å²) in [4.78, 5) is 0.238. The van der Waals surface area contributed by atoms with Crippen LogP contribution in [0.5, 0.6) is 0 Å². The van der Waals surface area contributed by atoms with Crippen LogP contribution in [0, 0.1) is 6.92 Å². The minimum atomic E-state index is -3.64. The van der Waals surface area contributed by atoms with Gasteiger partial charge in [0.2, 0.25) is 0 Å². The molecule has 1 heterocycles. The van der Waals surface area contributed by atoms with Crippen LogP contribution >= 0.6 is 0 Å². The zero-order chi connectivity index (χ0) is 21.6. The van der Waals surface area contributed by atoms with Crippen LogP contribution in [0.3, 0.4) is 0 Å². The smallest absolute Gasteiger partial charge is 0.261 e. The fraction of sp³-hybridized carbons (Fsp3) is 0.304. The highest BCUT2D eigenvalue weighted by molar-refractivity contribution is 7.92. The maximum absolute atomic E-state index is 12.5. The fourth-order valence-corrected chi connectivity index (χ4v) is 3.39. The van der Waals surface area contributed by atoms with E-state index in [0.29, 0.717) is 17.0 Å². The van der Waals surface area contributed by atoms with Crippen LogP contribution in [-0.2, 0) is 10.0 Å². The van der Waals surface area contributed by atoms with Gasteiger partial charge in [-0.25, -0.2) is 8.42 Å². The van der Waals surface area contributed by atoms with Gasteiger partial charge in [-0.05, 0) is 48.9 Å². The summed E-state index contributed by atoms with van der Waals surface area (Å²) in [7, 11) is -3.64. The number of rotatable bonds is 4. The summed E-state index contributed by atoms with van der Waals surface area (Å²) in [6, 6.07) is 17.5. The lowest BCUT2D eigenvalue weighted by Gasteiger charge is -2.11. The molecule has 28 heavy (non-hydrogen) atoms. The van der Waals surface area contributed by atoms with E-state index in [1.54, 1.807) is 48.7 Å². The highest BCUT2D eigenvalue weighted by Crippen LogP contribution is 2.29. The average molecular weight is 404 g/mol. The molecule has 1 aromatic heterocycles. The Morgan fingerprint density at radius 1 is 0.786 bits per heavy atom. The van der Waals surface area contributed by atoms with Crippen LogP contribution in [0.4, 0.5) is 5.69 Å². The number of nitrogens with one attached hydrogen (secondary N) is 1. The minimum Gasteiger partial charge on any atom is -0.464 e. The van der Waals surface area contributed by atoms with Gasteiger partial charge in [0.15, 0.2) is 0 Å². The molecule has 0 atom stereocenters. The van der Waals surface area contributed by atoms with Crippen LogP contribution in [0.25, 0.3) is 11.3 Å². The lowest BCUT2D eigenvalue weighted by molar-refractivity contribution is 0.582. The van der Waals surface area contributed by atoms with Gasteiger partial charge in [0.25, 0.3) is 10.0 Å². The Bertz CT molecular complexity index is 886. The standard InChI is InChI=1S/C17H15NO3S.3C2H6/c1-13-6-4-7-14(12-13)22(19,20)18-16-9-3-2-8-15(16)17-10-5-11-21-17;3*1-2/h2-12,18H,1H3;3*1-2H3. The van der Waals surface area contributed by atoms with Crippen molar-refractivity contribution in [3.63, 3.8) is 0 Å². The quantitative estimate of drug-likeness (QED) is 0.504. The third kappa shape index (κ3) is 7.24. The Morgan fingerprint density at radius 3 is 2.00 bits per heavy atom. The third-order valence-corrected chi connectivity index (χ3v) is 4.62. The van der Waals surface area contributed by atoms with Gasteiger partial charge in [0.1, 0.15) is 5.76 Å². The maximum atomic E-state index is 12.5. The first-order chi connectivity index (χ1) is 13.6. The maximum Gasteiger partial charge on any atom is 0.261 e. The predicted octanol–water partition coefficient (Wildman–Crippen LogP) is 7.13. The molecule has 0 aliphatic rings. The molecule has 0 unspecified atom stereocenters. The van der Waals surface area contributed by atoms with Gasteiger partial charge in [-0.15, -0.1) is 0 Å². The first-order valence-electron chi connectivity index (χ1n) is 9.79. The number of aryl methyl sites for hydroxylation is 1. The van der Waals surface area contributed by atoms with Crippen molar-refractivity contribution in [1.29, 1.82) is 0 Å². The molecule has 5 heteroatoms. The van der Waals surface area contributed by atoms with Gasteiger partial charge >= 0.3 is 0 Å². The van der Waals surface area contributed by atoms with Gasteiger partial charge in [-0.1, -0.05) is 65.8 Å². The number of anilines is 1. The van der Waals surface area contributed by atoms with Crippen LogP contribution in [-0.4, -0.2) is 8.42 Å². The molecule has 154 valence electrons. The first-order valence-corrected chi connectivity index (χ1v) is 11.3. The summed E-state index contributed by atoms with van der Waals surface area (Å²) in [5.74, 6) is 0.613. The van der Waals surface area contributed by atoms with Crippen molar-refractivity contribution in [2.24, 2.45) is 0 Å². The van der Waals surface area contributed by atoms with E-state index < -0.39 is 10.0 Å². The highest BCUT2D eigenvalue weighted by atomic mass is 32.2. The van der Waals surface area contributed by atoms with E-state index in [1.165, 1.54) is 0 Å². The Labute approximate surface area is 170 Å². The third-order valence-electron chi connectivity index (χ3n) is 3.26. The van der Waals surface area contributed by atoms with Crippen molar-refractivity contribution < 1.29 is 12.8 Å². The summed E-state index contributed by atoms with van der Waals surface area (Å²) >= 11 is 0. The molecule has 2 aromatic carbocycles. The SMILES string of the molecule is CC.CC.CC.Cc1cccc(S(=O)(=O)Nc2ccccc2-c2ccco2)c1. The first kappa shape index (κ1) is 25.5. The topological polar surface area (TPSA) is 59.3 Å². The van der Waals surface area contributed by atoms with Gasteiger partial charge in [-0.2, -0.15) is 0 Å². The number of para-hydroxylation sites is 1. The van der Waals surface area contributed by atoms with Gasteiger partial charge in [0.05, 0.1) is 16.8 Å². The molecule has 0 amide bonds. The number of hydrogen-bond acceptors (Lipinski definition) is 3. The lowest BCUT2D eigenvalue weighted by atomic mass is 10.1. The molecular formula is C23H33NO3S. The molecule has 4 nitrogen and oxygen atoms in total. The van der Waals surface area contributed by atoms with E-state index in [-0.39, 0.29) is 4.90 Å². The van der Waals surface area contributed by atoms with Crippen molar-refractivity contribution >= 4 is 15.7 Å². The van der Waals surface area contributed by atoms with Gasteiger partial charge in [-0.3, -0.25) is 4.72 Å². The fourth-order valence-electron chi connectivity index (χ4n) is 2.20. The van der Waals surface area contributed by atoms with Crippen molar-refractivity contribution in [1.82, 2.24) is 0 Å². The molecular weight excluding hydrogens is 370 g/mol. The van der Waals surface area contributed by atoms with E-state index in [2.05, 4.69) is 4.72 Å². The zero-order valence-electron chi connectivity index (χ0n) is 18.0. The van der Waals surface area contributed by atoms with Crippen LogP contribution in [0.2, 0.25) is 0 Å². The second-order valence-electron chi connectivity index (χ2n) is 4.94. The van der Waals surface area contributed by atoms with Crippen molar-refractivity contribution in [2.75, 3.05) is 4.72 Å². The Balaban J connectivity index is 0.00000111. The Hall–Kier alpha value is -2.53. The summed E-state index contributed by atoms with van der Waals surface area (Å²) in [5.41, 5.74) is 2.07. The molecule has 3 aromatic rings. The molecule has 0 spiro atoms. The highest BCUT2D eigenvalue weighted by Gasteiger charge is 2.17. The van der Waals surface area contributed by atoms with E-state index in [0.717, 1.165) is 5.56 Å². The molecule has 0 radical (unpaired) electrons. The van der Waals surface area contributed by atoms with E-state index in [9.17, 15) is 8.42 Å². The van der Waals surface area contributed by atoms with E-state index in [4.69, 9.17) is 4.42 Å². The normalized spacial score (nSPS) is 9.54. The summed E-state index contributed by atoms with van der Waals surface area (Å²) in [6.07, 6.45) is 1.56. The van der Waals surface area contributed by atoms with Crippen LogP contribution < -0.4 is 4.72 Å². The van der Waals surface area contributed by atoms with Crippen LogP contribution in [0.1, 0.15) is 47.1 Å². The zero-order valence-corrected chi connectivity index (χ0v) is 18.8. The summed E-state index contributed by atoms with van der Waals surface area (Å²) in [5, 5.41) is 0. The number of sulfonamides is 1. The summed E-state index contributed by atoms with van der Waals surface area (Å²) in [6.45, 7) is 13.9. The van der Waals surface area contributed by atoms with Crippen molar-refractivity contribution in [2.45, 2.75) is 53.4 Å². The molecule has 0 bridgehead atoms. The van der Waals surface area contributed by atoms with E-state index in [1.807, 2.05) is 66.7 Å². The monoisotopic (exact) mass is 403 g/mol. The van der Waals surface area contributed by atoms with Gasteiger partial charge < -0.3 is 4.42 Å². The lowest BCUT2D eigenvalue weighted by Crippen LogP contribution is -2.13. The Morgan fingerprint density at radius 2 is 1.43 bits per heavy atom. The minimum absolute atomic E-state index is 0.238. The second-order valence-corrected chi connectivity index (χ2v) is 6.63. The molecule has 0 saturated carbocycles. The molecule has 0 aliphatic heterocycles. The number of hydrogen-bond donors (Lipinski definition) is 1. The molecule has 3 rings (SSSR count).